The molecule has 0 spiro atoms. The van der Waals surface area contributed by atoms with Crippen LogP contribution >= 0.6 is 0 Å². The molecule has 0 aliphatic carbocycles. The van der Waals surface area contributed by atoms with Crippen LogP contribution in [0, 0.1) is 0 Å². The molecular weight excluding hydrogens is 357 g/mol. The predicted octanol–water partition coefficient (Wildman–Crippen LogP) is 3.71. The van der Waals surface area contributed by atoms with E-state index in [1.165, 1.54) is 13.0 Å². The second kappa shape index (κ2) is 8.70. The van der Waals surface area contributed by atoms with Gasteiger partial charge in [-0.3, -0.25) is 9.59 Å². The first-order valence-electron chi connectivity index (χ1n) is 8.45. The normalized spacial score (nSPS) is 12.3. The topological polar surface area (TPSA) is 58.2 Å². The van der Waals surface area contributed by atoms with Gasteiger partial charge in [0.2, 0.25) is 5.91 Å². The zero-order valence-corrected chi connectivity index (χ0v) is 15.1. The number of hydrogen-bond acceptors (Lipinski definition) is 2. The summed E-state index contributed by atoms with van der Waals surface area (Å²) in [5.74, 6) is -0.852. The highest BCUT2D eigenvalue weighted by Gasteiger charge is 2.27. The summed E-state index contributed by atoms with van der Waals surface area (Å²) < 4.78 is 36.7. The van der Waals surface area contributed by atoms with Crippen LogP contribution in [0.25, 0.3) is 11.1 Å². The second-order valence-corrected chi connectivity index (χ2v) is 6.38. The first kappa shape index (κ1) is 20.5. The molecule has 0 aliphatic heterocycles. The summed E-state index contributed by atoms with van der Waals surface area (Å²) in [4.78, 5) is 23.0. The van der Waals surface area contributed by atoms with E-state index in [-0.39, 0.29) is 17.5 Å². The third-order valence-electron chi connectivity index (χ3n) is 3.85. The number of nitrogens with one attached hydrogen (secondary N) is 2. The number of rotatable bonds is 6. The summed E-state index contributed by atoms with van der Waals surface area (Å²) in [5, 5.41) is 4.68. The van der Waals surface area contributed by atoms with Crippen molar-refractivity contribution in [2.24, 2.45) is 0 Å². The standard InChI is InChI=1S/C20H21F3N2O2/c1-13(25-14(2)26)10-15-6-8-16(9-7-15)17-4-3-5-18(11-17)19(27)24-12-20(21,22)23/h3-9,11,13H,10,12H2,1-2H3,(H,24,27)(H,25,26). The van der Waals surface area contributed by atoms with Crippen LogP contribution in [0.5, 0.6) is 0 Å². The van der Waals surface area contributed by atoms with Crippen LogP contribution in [-0.4, -0.2) is 30.6 Å². The SMILES string of the molecule is CC(=O)NC(C)Cc1ccc(-c2cccc(C(=O)NCC(F)(F)F)c2)cc1. The van der Waals surface area contributed by atoms with Crippen LogP contribution in [0.3, 0.4) is 0 Å². The lowest BCUT2D eigenvalue weighted by Gasteiger charge is -2.13. The van der Waals surface area contributed by atoms with E-state index in [2.05, 4.69) is 5.32 Å². The third kappa shape index (κ3) is 6.77. The summed E-state index contributed by atoms with van der Waals surface area (Å²) >= 11 is 0. The van der Waals surface area contributed by atoms with Crippen molar-refractivity contribution in [3.05, 3.63) is 59.7 Å². The minimum Gasteiger partial charge on any atom is -0.354 e. The van der Waals surface area contributed by atoms with Crippen molar-refractivity contribution in [2.45, 2.75) is 32.5 Å². The van der Waals surface area contributed by atoms with Crippen molar-refractivity contribution in [1.82, 2.24) is 10.6 Å². The quantitative estimate of drug-likeness (QED) is 0.805. The van der Waals surface area contributed by atoms with E-state index < -0.39 is 18.6 Å². The lowest BCUT2D eigenvalue weighted by atomic mass is 9.99. The molecule has 2 rings (SSSR count). The van der Waals surface area contributed by atoms with Gasteiger partial charge in [0, 0.05) is 18.5 Å². The molecule has 0 radical (unpaired) electrons. The number of hydrogen-bond donors (Lipinski definition) is 2. The number of halogens is 3. The third-order valence-corrected chi connectivity index (χ3v) is 3.85. The molecular formula is C20H21F3N2O2. The van der Waals surface area contributed by atoms with Gasteiger partial charge < -0.3 is 10.6 Å². The highest BCUT2D eigenvalue weighted by atomic mass is 19.4. The Morgan fingerprint density at radius 2 is 1.70 bits per heavy atom. The molecule has 27 heavy (non-hydrogen) atoms. The number of carbonyl (C=O) groups is 2. The van der Waals surface area contributed by atoms with Crippen LogP contribution in [0.1, 0.15) is 29.8 Å². The lowest BCUT2D eigenvalue weighted by Crippen LogP contribution is -2.33. The van der Waals surface area contributed by atoms with Crippen molar-refractivity contribution in [3.63, 3.8) is 0 Å². The average molecular weight is 378 g/mol. The van der Waals surface area contributed by atoms with Gasteiger partial charge in [0.15, 0.2) is 0 Å². The van der Waals surface area contributed by atoms with Crippen LogP contribution in [0.2, 0.25) is 0 Å². The van der Waals surface area contributed by atoms with Crippen LogP contribution in [0.15, 0.2) is 48.5 Å². The van der Waals surface area contributed by atoms with E-state index in [9.17, 15) is 22.8 Å². The molecule has 0 saturated heterocycles. The van der Waals surface area contributed by atoms with E-state index in [0.717, 1.165) is 16.7 Å². The Morgan fingerprint density at radius 3 is 2.30 bits per heavy atom. The molecule has 1 atom stereocenters. The summed E-state index contributed by atoms with van der Waals surface area (Å²) in [6, 6.07) is 14.0. The minimum atomic E-state index is -4.45. The van der Waals surface area contributed by atoms with E-state index in [0.29, 0.717) is 6.42 Å². The predicted molar refractivity (Wildman–Crippen MR) is 97.2 cm³/mol. The zero-order valence-electron chi connectivity index (χ0n) is 15.1. The van der Waals surface area contributed by atoms with Crippen LogP contribution in [0.4, 0.5) is 13.2 Å². The number of amides is 2. The first-order valence-corrected chi connectivity index (χ1v) is 8.45. The van der Waals surface area contributed by atoms with Gasteiger partial charge in [0.05, 0.1) is 0 Å². The van der Waals surface area contributed by atoms with Gasteiger partial charge in [-0.05, 0) is 42.2 Å². The van der Waals surface area contributed by atoms with E-state index in [1.807, 2.05) is 36.5 Å². The molecule has 0 saturated carbocycles. The molecule has 2 aromatic carbocycles. The van der Waals surface area contributed by atoms with Crippen LogP contribution < -0.4 is 10.6 Å². The molecule has 0 bridgehead atoms. The molecule has 0 fully saturated rings. The van der Waals surface area contributed by atoms with Crippen molar-refractivity contribution in [1.29, 1.82) is 0 Å². The van der Waals surface area contributed by atoms with Crippen molar-refractivity contribution in [3.8, 4) is 11.1 Å². The molecule has 144 valence electrons. The Balaban J connectivity index is 2.08. The van der Waals surface area contributed by atoms with Crippen molar-refractivity contribution in [2.75, 3.05) is 6.54 Å². The Hall–Kier alpha value is -2.83. The summed E-state index contributed by atoms with van der Waals surface area (Å²) in [5.41, 5.74) is 2.78. The van der Waals surface area contributed by atoms with E-state index in [4.69, 9.17) is 0 Å². The van der Waals surface area contributed by atoms with E-state index >= 15 is 0 Å². The minimum absolute atomic E-state index is 0.00834. The van der Waals surface area contributed by atoms with Gasteiger partial charge in [0.1, 0.15) is 6.54 Å². The molecule has 0 aliphatic rings. The van der Waals surface area contributed by atoms with Crippen LogP contribution in [-0.2, 0) is 11.2 Å². The Labute approximate surface area is 155 Å². The van der Waals surface area contributed by atoms with Gasteiger partial charge in [-0.2, -0.15) is 13.2 Å². The first-order chi connectivity index (χ1) is 12.6. The van der Waals surface area contributed by atoms with Gasteiger partial charge in [0.25, 0.3) is 5.91 Å². The second-order valence-electron chi connectivity index (χ2n) is 6.38. The average Bonchev–Trinajstić information content (AvgIpc) is 2.59. The number of carbonyl (C=O) groups excluding carboxylic acids is 2. The monoisotopic (exact) mass is 378 g/mol. The van der Waals surface area contributed by atoms with Crippen molar-refractivity contribution >= 4 is 11.8 Å². The summed E-state index contributed by atoms with van der Waals surface area (Å²) in [6.07, 6.45) is -3.77. The van der Waals surface area contributed by atoms with Gasteiger partial charge >= 0.3 is 6.18 Å². The molecule has 4 nitrogen and oxygen atoms in total. The maximum absolute atomic E-state index is 12.2. The summed E-state index contributed by atoms with van der Waals surface area (Å²) in [7, 11) is 0. The van der Waals surface area contributed by atoms with Gasteiger partial charge in [-0.15, -0.1) is 0 Å². The number of benzene rings is 2. The Kier molecular flexibility index (Phi) is 6.60. The van der Waals surface area contributed by atoms with Gasteiger partial charge in [-0.1, -0.05) is 36.4 Å². The maximum Gasteiger partial charge on any atom is 0.405 e. The lowest BCUT2D eigenvalue weighted by molar-refractivity contribution is -0.123. The number of alkyl halides is 3. The molecule has 2 amide bonds. The highest BCUT2D eigenvalue weighted by molar-refractivity contribution is 5.95. The molecule has 0 heterocycles. The Morgan fingerprint density at radius 1 is 1.04 bits per heavy atom. The molecule has 1 unspecified atom stereocenters. The molecule has 2 aromatic rings. The Bertz CT molecular complexity index is 802. The summed E-state index contributed by atoms with van der Waals surface area (Å²) in [6.45, 7) is 2.02. The zero-order chi connectivity index (χ0) is 20.0. The maximum atomic E-state index is 12.2. The fourth-order valence-electron chi connectivity index (χ4n) is 2.71. The molecule has 7 heteroatoms. The fraction of sp³-hybridized carbons (Fsp3) is 0.300. The van der Waals surface area contributed by atoms with E-state index in [1.54, 1.807) is 18.2 Å². The van der Waals surface area contributed by atoms with Gasteiger partial charge in [-0.25, -0.2) is 0 Å². The fourth-order valence-corrected chi connectivity index (χ4v) is 2.71. The smallest absolute Gasteiger partial charge is 0.354 e. The largest absolute Gasteiger partial charge is 0.405 e. The highest BCUT2D eigenvalue weighted by Crippen LogP contribution is 2.22. The van der Waals surface area contributed by atoms with Crippen molar-refractivity contribution < 1.29 is 22.8 Å². The molecule has 2 N–H and O–H groups in total. The molecule has 0 aromatic heterocycles.